The summed E-state index contributed by atoms with van der Waals surface area (Å²) in [6, 6.07) is 9.71. The van der Waals surface area contributed by atoms with Crippen LogP contribution in [0, 0.1) is 5.92 Å². The molecule has 0 saturated carbocycles. The molecule has 0 radical (unpaired) electrons. The van der Waals surface area contributed by atoms with Gasteiger partial charge in [-0.3, -0.25) is 0 Å². The largest absolute Gasteiger partial charge is 0.388 e. The SMILES string of the molecule is OC(CCOCC1CCOC1)c1ccccc1. The van der Waals surface area contributed by atoms with E-state index in [4.69, 9.17) is 9.47 Å². The molecule has 0 bridgehead atoms. The van der Waals surface area contributed by atoms with Crippen LogP contribution in [0.25, 0.3) is 0 Å². The minimum Gasteiger partial charge on any atom is -0.388 e. The number of ether oxygens (including phenoxy) is 2. The third kappa shape index (κ3) is 4.11. The minimum absolute atomic E-state index is 0.420. The molecule has 0 aromatic heterocycles. The lowest BCUT2D eigenvalue weighted by Crippen LogP contribution is -2.11. The molecule has 1 fully saturated rings. The summed E-state index contributed by atoms with van der Waals surface area (Å²) in [7, 11) is 0. The fourth-order valence-electron chi connectivity index (χ4n) is 2.00. The average molecular weight is 236 g/mol. The lowest BCUT2D eigenvalue weighted by Gasteiger charge is -2.12. The highest BCUT2D eigenvalue weighted by atomic mass is 16.5. The van der Waals surface area contributed by atoms with Gasteiger partial charge < -0.3 is 14.6 Å². The number of rotatable bonds is 6. The highest BCUT2D eigenvalue weighted by Crippen LogP contribution is 2.17. The van der Waals surface area contributed by atoms with Gasteiger partial charge in [0.15, 0.2) is 0 Å². The maximum absolute atomic E-state index is 9.91. The van der Waals surface area contributed by atoms with Crippen molar-refractivity contribution in [2.24, 2.45) is 5.92 Å². The molecule has 1 aliphatic rings. The van der Waals surface area contributed by atoms with Crippen LogP contribution in [0.1, 0.15) is 24.5 Å². The Morgan fingerprint density at radius 2 is 2.18 bits per heavy atom. The fraction of sp³-hybridized carbons (Fsp3) is 0.571. The Morgan fingerprint density at radius 3 is 2.88 bits per heavy atom. The Balaban J connectivity index is 1.61. The molecule has 0 amide bonds. The fourth-order valence-corrected chi connectivity index (χ4v) is 2.00. The second kappa shape index (κ2) is 6.74. The van der Waals surface area contributed by atoms with Crippen LogP contribution in [0.5, 0.6) is 0 Å². The van der Waals surface area contributed by atoms with Crippen LogP contribution in [-0.4, -0.2) is 31.5 Å². The van der Waals surface area contributed by atoms with E-state index in [0.29, 0.717) is 18.9 Å². The highest BCUT2D eigenvalue weighted by Gasteiger charge is 2.15. The molecule has 2 atom stereocenters. The molecule has 0 spiro atoms. The number of hydrogen-bond donors (Lipinski definition) is 1. The topological polar surface area (TPSA) is 38.7 Å². The van der Waals surface area contributed by atoms with E-state index < -0.39 is 6.10 Å². The third-order valence-electron chi connectivity index (χ3n) is 3.10. The Hall–Kier alpha value is -0.900. The normalized spacial score (nSPS) is 21.6. The van der Waals surface area contributed by atoms with Crippen molar-refractivity contribution in [2.75, 3.05) is 26.4 Å². The van der Waals surface area contributed by atoms with E-state index in [2.05, 4.69) is 0 Å². The number of hydrogen-bond acceptors (Lipinski definition) is 3. The van der Waals surface area contributed by atoms with Crippen LogP contribution >= 0.6 is 0 Å². The first-order valence-corrected chi connectivity index (χ1v) is 6.25. The van der Waals surface area contributed by atoms with E-state index in [-0.39, 0.29) is 0 Å². The first-order valence-electron chi connectivity index (χ1n) is 6.25. The quantitative estimate of drug-likeness (QED) is 0.769. The van der Waals surface area contributed by atoms with Gasteiger partial charge in [0.25, 0.3) is 0 Å². The highest BCUT2D eigenvalue weighted by molar-refractivity contribution is 5.16. The molecule has 94 valence electrons. The third-order valence-corrected chi connectivity index (χ3v) is 3.10. The molecule has 3 heteroatoms. The maximum Gasteiger partial charge on any atom is 0.0812 e. The average Bonchev–Trinajstić information content (AvgIpc) is 2.88. The van der Waals surface area contributed by atoms with E-state index in [1.165, 1.54) is 0 Å². The standard InChI is InChI=1S/C14H20O3/c15-14(13-4-2-1-3-5-13)7-9-17-11-12-6-8-16-10-12/h1-5,12,14-15H,6-11H2. The zero-order valence-electron chi connectivity index (χ0n) is 10.0. The van der Waals surface area contributed by atoms with Crippen molar-refractivity contribution in [2.45, 2.75) is 18.9 Å². The Bertz CT molecular complexity index is 307. The predicted molar refractivity (Wildman–Crippen MR) is 65.8 cm³/mol. The van der Waals surface area contributed by atoms with Crippen LogP contribution in [0.3, 0.4) is 0 Å². The summed E-state index contributed by atoms with van der Waals surface area (Å²) >= 11 is 0. The molecule has 1 saturated heterocycles. The van der Waals surface area contributed by atoms with E-state index in [1.807, 2.05) is 30.3 Å². The van der Waals surface area contributed by atoms with Crippen molar-refractivity contribution < 1.29 is 14.6 Å². The zero-order valence-corrected chi connectivity index (χ0v) is 10.0. The van der Waals surface area contributed by atoms with Gasteiger partial charge in [-0.2, -0.15) is 0 Å². The lowest BCUT2D eigenvalue weighted by molar-refractivity contribution is 0.0586. The van der Waals surface area contributed by atoms with Crippen molar-refractivity contribution in [1.29, 1.82) is 0 Å². The molecule has 0 aliphatic carbocycles. The predicted octanol–water partition coefficient (Wildman–Crippen LogP) is 2.16. The van der Waals surface area contributed by atoms with E-state index >= 15 is 0 Å². The molecule has 2 rings (SSSR count). The number of aliphatic hydroxyl groups excluding tert-OH is 1. The second-order valence-electron chi connectivity index (χ2n) is 4.52. The monoisotopic (exact) mass is 236 g/mol. The van der Waals surface area contributed by atoms with Gasteiger partial charge in [0.05, 0.1) is 19.3 Å². The smallest absolute Gasteiger partial charge is 0.0812 e. The van der Waals surface area contributed by atoms with E-state index in [9.17, 15) is 5.11 Å². The number of aliphatic hydroxyl groups is 1. The summed E-state index contributed by atoms with van der Waals surface area (Å²) in [6.07, 6.45) is 1.33. The van der Waals surface area contributed by atoms with Gasteiger partial charge in [0, 0.05) is 25.6 Å². The second-order valence-corrected chi connectivity index (χ2v) is 4.52. The molecular weight excluding hydrogens is 216 g/mol. The Kier molecular flexibility index (Phi) is 4.98. The van der Waals surface area contributed by atoms with Crippen LogP contribution in [0.2, 0.25) is 0 Å². The lowest BCUT2D eigenvalue weighted by atomic mass is 10.1. The van der Waals surface area contributed by atoms with Gasteiger partial charge in [-0.25, -0.2) is 0 Å². The molecule has 1 aliphatic heterocycles. The van der Waals surface area contributed by atoms with Crippen molar-refractivity contribution >= 4 is 0 Å². The van der Waals surface area contributed by atoms with E-state index in [0.717, 1.165) is 31.8 Å². The first kappa shape index (κ1) is 12.6. The van der Waals surface area contributed by atoms with Gasteiger partial charge >= 0.3 is 0 Å². The molecule has 1 N–H and O–H groups in total. The molecule has 1 aromatic rings. The molecular formula is C14H20O3. The van der Waals surface area contributed by atoms with Gasteiger partial charge in [-0.05, 0) is 12.0 Å². The van der Waals surface area contributed by atoms with Crippen LogP contribution in [0.4, 0.5) is 0 Å². The van der Waals surface area contributed by atoms with E-state index in [1.54, 1.807) is 0 Å². The molecule has 3 nitrogen and oxygen atoms in total. The van der Waals surface area contributed by atoms with Crippen LogP contribution in [0.15, 0.2) is 30.3 Å². The Morgan fingerprint density at radius 1 is 1.35 bits per heavy atom. The summed E-state index contributed by atoms with van der Waals surface area (Å²) in [5.74, 6) is 0.545. The molecule has 1 heterocycles. The van der Waals surface area contributed by atoms with Gasteiger partial charge in [-0.1, -0.05) is 30.3 Å². The molecule has 1 aromatic carbocycles. The summed E-state index contributed by atoms with van der Waals surface area (Å²) < 4.78 is 10.8. The Labute approximate surface area is 102 Å². The van der Waals surface area contributed by atoms with Crippen molar-refractivity contribution in [3.05, 3.63) is 35.9 Å². The van der Waals surface area contributed by atoms with Crippen molar-refractivity contribution in [1.82, 2.24) is 0 Å². The van der Waals surface area contributed by atoms with Gasteiger partial charge in [-0.15, -0.1) is 0 Å². The van der Waals surface area contributed by atoms with Crippen molar-refractivity contribution in [3.63, 3.8) is 0 Å². The summed E-state index contributed by atoms with van der Waals surface area (Å²) in [5.41, 5.74) is 0.959. The molecule has 17 heavy (non-hydrogen) atoms. The van der Waals surface area contributed by atoms with Crippen molar-refractivity contribution in [3.8, 4) is 0 Å². The number of benzene rings is 1. The molecule has 2 unspecified atom stereocenters. The van der Waals surface area contributed by atoms with Crippen LogP contribution < -0.4 is 0 Å². The van der Waals surface area contributed by atoms with Gasteiger partial charge in [0.1, 0.15) is 0 Å². The summed E-state index contributed by atoms with van der Waals surface area (Å²) in [6.45, 7) is 3.04. The van der Waals surface area contributed by atoms with Gasteiger partial charge in [0.2, 0.25) is 0 Å². The summed E-state index contributed by atoms with van der Waals surface area (Å²) in [5, 5.41) is 9.91. The maximum atomic E-state index is 9.91. The summed E-state index contributed by atoms with van der Waals surface area (Å²) in [4.78, 5) is 0. The van der Waals surface area contributed by atoms with Crippen LogP contribution in [-0.2, 0) is 9.47 Å². The zero-order chi connectivity index (χ0) is 11.9. The first-order chi connectivity index (χ1) is 8.36. The minimum atomic E-state index is -0.420.